The van der Waals surface area contributed by atoms with Gasteiger partial charge in [0.25, 0.3) is 0 Å². The van der Waals surface area contributed by atoms with Crippen LogP contribution in [-0.4, -0.2) is 27.1 Å². The highest BCUT2D eigenvalue weighted by Gasteiger charge is 2.17. The van der Waals surface area contributed by atoms with E-state index < -0.39 is 5.97 Å². The van der Waals surface area contributed by atoms with Crippen LogP contribution in [0.5, 0.6) is 0 Å². The Morgan fingerprint density at radius 3 is 2.74 bits per heavy atom. The summed E-state index contributed by atoms with van der Waals surface area (Å²) in [7, 11) is 0. The summed E-state index contributed by atoms with van der Waals surface area (Å²) in [6.45, 7) is 5.86. The van der Waals surface area contributed by atoms with Crippen LogP contribution in [-0.2, 0) is 4.74 Å². The van der Waals surface area contributed by atoms with Gasteiger partial charge in [0.15, 0.2) is 5.82 Å². The molecule has 2 rings (SSSR count). The summed E-state index contributed by atoms with van der Waals surface area (Å²) < 4.78 is 6.77. The molecule has 0 spiro atoms. The van der Waals surface area contributed by atoms with E-state index in [4.69, 9.17) is 10.5 Å². The number of imidazole rings is 1. The standard InChI is InChI=1S/C13H16N4O2/c1-4-19-13(18)11-5-10(14)6-15-12(11)17-7-16-8(2)9(17)3/h5-7H,4,14H2,1-3H3. The highest BCUT2D eigenvalue weighted by molar-refractivity contribution is 5.93. The number of rotatable bonds is 3. The zero-order valence-corrected chi connectivity index (χ0v) is 11.2. The summed E-state index contributed by atoms with van der Waals surface area (Å²) in [5, 5.41) is 0. The number of anilines is 1. The molecule has 0 bridgehead atoms. The lowest BCUT2D eigenvalue weighted by atomic mass is 10.2. The number of aryl methyl sites for hydroxylation is 1. The Morgan fingerprint density at radius 2 is 2.16 bits per heavy atom. The van der Waals surface area contributed by atoms with Gasteiger partial charge in [-0.1, -0.05) is 0 Å². The number of hydrogen-bond donors (Lipinski definition) is 1. The molecule has 0 radical (unpaired) electrons. The van der Waals surface area contributed by atoms with Crippen molar-refractivity contribution in [1.29, 1.82) is 0 Å². The van der Waals surface area contributed by atoms with E-state index in [1.807, 2.05) is 13.8 Å². The maximum absolute atomic E-state index is 12.0. The van der Waals surface area contributed by atoms with Gasteiger partial charge in [0.05, 0.1) is 24.2 Å². The van der Waals surface area contributed by atoms with Crippen molar-refractivity contribution in [3.05, 3.63) is 35.5 Å². The van der Waals surface area contributed by atoms with Gasteiger partial charge in [-0.15, -0.1) is 0 Å². The van der Waals surface area contributed by atoms with E-state index >= 15 is 0 Å². The zero-order chi connectivity index (χ0) is 14.0. The molecule has 0 aromatic carbocycles. The van der Waals surface area contributed by atoms with Gasteiger partial charge in [-0.2, -0.15) is 0 Å². The van der Waals surface area contributed by atoms with Crippen LogP contribution in [0.1, 0.15) is 28.7 Å². The fourth-order valence-corrected chi connectivity index (χ4v) is 1.74. The van der Waals surface area contributed by atoms with Gasteiger partial charge in [-0.3, -0.25) is 4.57 Å². The van der Waals surface area contributed by atoms with Crippen molar-refractivity contribution in [3.63, 3.8) is 0 Å². The van der Waals surface area contributed by atoms with Crippen LogP contribution in [0.4, 0.5) is 5.69 Å². The Balaban J connectivity index is 2.57. The molecule has 19 heavy (non-hydrogen) atoms. The molecule has 2 aromatic heterocycles. The van der Waals surface area contributed by atoms with Crippen molar-refractivity contribution in [2.24, 2.45) is 0 Å². The maximum atomic E-state index is 12.0. The minimum atomic E-state index is -0.442. The van der Waals surface area contributed by atoms with Crippen LogP contribution in [0.3, 0.4) is 0 Å². The number of carbonyl (C=O) groups excluding carboxylic acids is 1. The Labute approximate surface area is 111 Å². The number of esters is 1. The highest BCUT2D eigenvalue weighted by Crippen LogP contribution is 2.19. The second-order valence-electron chi connectivity index (χ2n) is 4.15. The van der Waals surface area contributed by atoms with E-state index in [-0.39, 0.29) is 0 Å². The molecule has 100 valence electrons. The molecule has 6 heteroatoms. The first-order valence-corrected chi connectivity index (χ1v) is 5.98. The smallest absolute Gasteiger partial charge is 0.342 e. The largest absolute Gasteiger partial charge is 0.462 e. The molecule has 2 N–H and O–H groups in total. The minimum Gasteiger partial charge on any atom is -0.462 e. The van der Waals surface area contributed by atoms with Gasteiger partial charge in [-0.25, -0.2) is 14.8 Å². The molecule has 0 aliphatic rings. The summed E-state index contributed by atoms with van der Waals surface area (Å²) in [5.74, 6) is 0.0359. The van der Waals surface area contributed by atoms with Crippen molar-refractivity contribution in [3.8, 4) is 5.82 Å². The number of aromatic nitrogens is 3. The van der Waals surface area contributed by atoms with Gasteiger partial charge in [-0.05, 0) is 26.8 Å². The molecule has 0 saturated carbocycles. The van der Waals surface area contributed by atoms with Crippen LogP contribution < -0.4 is 5.73 Å². The number of nitrogen functional groups attached to an aromatic ring is 1. The SMILES string of the molecule is CCOC(=O)c1cc(N)cnc1-n1cnc(C)c1C. The Hall–Kier alpha value is -2.37. The lowest BCUT2D eigenvalue weighted by molar-refractivity contribution is 0.0526. The summed E-state index contributed by atoms with van der Waals surface area (Å²) in [6, 6.07) is 1.56. The first-order chi connectivity index (χ1) is 9.04. The molecule has 0 fully saturated rings. The lowest BCUT2D eigenvalue weighted by Gasteiger charge is -2.10. The van der Waals surface area contributed by atoms with E-state index in [9.17, 15) is 4.79 Å². The summed E-state index contributed by atoms with van der Waals surface area (Å²) >= 11 is 0. The third-order valence-corrected chi connectivity index (χ3v) is 2.86. The second kappa shape index (κ2) is 5.09. The molecule has 2 aromatic rings. The van der Waals surface area contributed by atoms with E-state index in [0.717, 1.165) is 11.4 Å². The van der Waals surface area contributed by atoms with Gasteiger partial charge in [0, 0.05) is 5.69 Å². The zero-order valence-electron chi connectivity index (χ0n) is 11.2. The lowest BCUT2D eigenvalue weighted by Crippen LogP contribution is -2.12. The fraction of sp³-hybridized carbons (Fsp3) is 0.308. The van der Waals surface area contributed by atoms with Crippen molar-refractivity contribution in [1.82, 2.24) is 14.5 Å². The average molecular weight is 260 g/mol. The molecule has 6 nitrogen and oxygen atoms in total. The van der Waals surface area contributed by atoms with E-state index in [1.54, 1.807) is 23.9 Å². The molecule has 0 unspecified atom stereocenters. The number of nitrogens with two attached hydrogens (primary N) is 1. The Bertz CT molecular complexity index is 619. The van der Waals surface area contributed by atoms with Gasteiger partial charge in [0.1, 0.15) is 11.9 Å². The number of ether oxygens (including phenoxy) is 1. The third kappa shape index (κ3) is 2.42. The molecular formula is C13H16N4O2. The molecule has 0 atom stereocenters. The summed E-state index contributed by atoms with van der Waals surface area (Å²) in [4.78, 5) is 20.4. The van der Waals surface area contributed by atoms with Gasteiger partial charge in [0.2, 0.25) is 0 Å². The predicted octanol–water partition coefficient (Wildman–Crippen LogP) is 1.64. The minimum absolute atomic E-state index is 0.301. The third-order valence-electron chi connectivity index (χ3n) is 2.86. The van der Waals surface area contributed by atoms with Crippen molar-refractivity contribution in [2.45, 2.75) is 20.8 Å². The molecule has 0 aliphatic carbocycles. The summed E-state index contributed by atoms with van der Waals surface area (Å²) in [5.41, 5.74) is 8.24. The molecule has 0 aliphatic heterocycles. The monoisotopic (exact) mass is 260 g/mol. The quantitative estimate of drug-likeness (QED) is 0.848. The van der Waals surface area contributed by atoms with E-state index in [2.05, 4.69) is 9.97 Å². The van der Waals surface area contributed by atoms with Gasteiger partial charge < -0.3 is 10.5 Å². The van der Waals surface area contributed by atoms with E-state index in [0.29, 0.717) is 23.7 Å². The molecule has 0 amide bonds. The van der Waals surface area contributed by atoms with Crippen molar-refractivity contribution < 1.29 is 9.53 Å². The number of hydrogen-bond acceptors (Lipinski definition) is 5. The van der Waals surface area contributed by atoms with E-state index in [1.165, 1.54) is 6.20 Å². The van der Waals surface area contributed by atoms with Gasteiger partial charge >= 0.3 is 5.97 Å². The molecule has 0 saturated heterocycles. The van der Waals surface area contributed by atoms with Crippen molar-refractivity contribution in [2.75, 3.05) is 12.3 Å². The number of carbonyl (C=O) groups is 1. The number of pyridine rings is 1. The normalized spacial score (nSPS) is 10.5. The van der Waals surface area contributed by atoms with Crippen LogP contribution >= 0.6 is 0 Å². The van der Waals surface area contributed by atoms with Crippen LogP contribution in [0, 0.1) is 13.8 Å². The molecular weight excluding hydrogens is 244 g/mol. The Morgan fingerprint density at radius 1 is 1.42 bits per heavy atom. The first-order valence-electron chi connectivity index (χ1n) is 5.98. The number of nitrogens with zero attached hydrogens (tertiary/aromatic N) is 3. The Kier molecular flexibility index (Phi) is 3.50. The second-order valence-corrected chi connectivity index (χ2v) is 4.15. The molecule has 2 heterocycles. The first kappa shape index (κ1) is 13.1. The van der Waals surface area contributed by atoms with Crippen LogP contribution in [0.2, 0.25) is 0 Å². The average Bonchev–Trinajstić information content (AvgIpc) is 2.70. The van der Waals surface area contributed by atoms with Crippen LogP contribution in [0.25, 0.3) is 5.82 Å². The summed E-state index contributed by atoms with van der Waals surface area (Å²) in [6.07, 6.45) is 3.14. The maximum Gasteiger partial charge on any atom is 0.342 e. The fourth-order valence-electron chi connectivity index (χ4n) is 1.74. The highest BCUT2D eigenvalue weighted by atomic mass is 16.5. The van der Waals surface area contributed by atoms with Crippen LogP contribution in [0.15, 0.2) is 18.6 Å². The van der Waals surface area contributed by atoms with Crippen molar-refractivity contribution >= 4 is 11.7 Å². The predicted molar refractivity (Wildman–Crippen MR) is 71.2 cm³/mol. The topological polar surface area (TPSA) is 83.0 Å².